The normalized spacial score (nSPS) is 14.6. The Hall–Kier alpha value is -4.76. The fraction of sp³-hybridized carbons (Fsp3) is 0.0357. The summed E-state index contributed by atoms with van der Waals surface area (Å²) in [6.45, 7) is 0.0453. The molecule has 0 aliphatic carbocycles. The molecule has 1 fully saturated rings. The summed E-state index contributed by atoms with van der Waals surface area (Å²) >= 11 is 0.915. The Kier molecular flexibility index (Phi) is 5.95. The molecule has 0 bridgehead atoms. The molecule has 1 aliphatic heterocycles. The lowest BCUT2D eigenvalue weighted by atomic mass is 10.1. The minimum atomic E-state index is -0.365. The highest BCUT2D eigenvalue weighted by atomic mass is 32.2. The zero-order chi connectivity index (χ0) is 25.2. The van der Waals surface area contributed by atoms with Gasteiger partial charge in [0, 0.05) is 17.3 Å². The number of carbonyl (C=O) groups is 2. The van der Waals surface area contributed by atoms with E-state index in [-0.39, 0.29) is 17.7 Å². The molecule has 2 aromatic heterocycles. The van der Waals surface area contributed by atoms with Crippen molar-refractivity contribution >= 4 is 29.0 Å². The number of para-hydroxylation sites is 2. The molecule has 1 saturated heterocycles. The van der Waals surface area contributed by atoms with Crippen molar-refractivity contribution in [1.29, 1.82) is 0 Å². The number of aromatic nitrogens is 5. The zero-order valence-electron chi connectivity index (χ0n) is 19.5. The van der Waals surface area contributed by atoms with Gasteiger partial charge < -0.3 is 0 Å². The molecule has 6 rings (SSSR count). The largest absolute Gasteiger partial charge is 0.293 e. The number of rotatable bonds is 6. The number of benzene rings is 3. The van der Waals surface area contributed by atoms with Crippen molar-refractivity contribution < 1.29 is 9.59 Å². The maximum atomic E-state index is 13.3. The summed E-state index contributed by atoms with van der Waals surface area (Å²) in [5.74, 6) is -0.365. The summed E-state index contributed by atoms with van der Waals surface area (Å²) in [6.07, 6.45) is 5.33. The van der Waals surface area contributed by atoms with Crippen molar-refractivity contribution in [1.82, 2.24) is 29.7 Å². The molecule has 8 nitrogen and oxygen atoms in total. The van der Waals surface area contributed by atoms with Crippen LogP contribution in [0.25, 0.3) is 28.7 Å². The predicted octanol–water partition coefficient (Wildman–Crippen LogP) is 5.36. The van der Waals surface area contributed by atoms with Crippen LogP contribution in [0.4, 0.5) is 4.79 Å². The Bertz CT molecular complexity index is 1610. The molecule has 0 N–H and O–H groups in total. The fourth-order valence-electron chi connectivity index (χ4n) is 4.04. The van der Waals surface area contributed by atoms with Gasteiger partial charge >= 0.3 is 0 Å². The van der Waals surface area contributed by atoms with Crippen molar-refractivity contribution in [2.24, 2.45) is 0 Å². The molecule has 180 valence electrons. The summed E-state index contributed by atoms with van der Waals surface area (Å²) in [6, 6.07) is 29.0. The van der Waals surface area contributed by atoms with E-state index in [1.807, 2.05) is 97.2 Å². The predicted molar refractivity (Wildman–Crippen MR) is 142 cm³/mol. The third-order valence-electron chi connectivity index (χ3n) is 5.85. The minimum absolute atomic E-state index is 0.0453. The monoisotopic (exact) mass is 504 g/mol. The van der Waals surface area contributed by atoms with E-state index in [1.165, 1.54) is 4.90 Å². The topological polar surface area (TPSA) is 85.9 Å². The summed E-state index contributed by atoms with van der Waals surface area (Å²) in [5.41, 5.74) is 4.65. The van der Waals surface area contributed by atoms with Crippen molar-refractivity contribution in [2.75, 3.05) is 0 Å². The van der Waals surface area contributed by atoms with E-state index >= 15 is 0 Å². The van der Waals surface area contributed by atoms with Crippen LogP contribution in [0.2, 0.25) is 0 Å². The molecule has 3 heterocycles. The molecule has 9 heteroatoms. The summed E-state index contributed by atoms with van der Waals surface area (Å²) in [7, 11) is 0. The fourth-order valence-corrected chi connectivity index (χ4v) is 4.87. The van der Waals surface area contributed by atoms with Crippen LogP contribution < -0.4 is 0 Å². The number of nitrogens with zero attached hydrogens (tertiary/aromatic N) is 6. The highest BCUT2D eigenvalue weighted by Crippen LogP contribution is 2.35. The van der Waals surface area contributed by atoms with Crippen molar-refractivity contribution in [3.8, 4) is 22.6 Å². The summed E-state index contributed by atoms with van der Waals surface area (Å²) in [5, 5.41) is 12.7. The Morgan fingerprint density at radius 2 is 1.38 bits per heavy atom. The standard InChI is InChI=1S/C28H20N6O2S/c35-27-25(37-28(36)32(27)18-22-19-34(31-29-22)24-14-8-3-9-15-24)16-21-17-33(23-12-6-2-7-13-23)30-26(21)20-10-4-1-5-11-20/h1-17,19H,18H2/b25-16-. The quantitative estimate of drug-likeness (QED) is 0.290. The van der Waals surface area contributed by atoms with E-state index < -0.39 is 0 Å². The molecule has 0 saturated carbocycles. The van der Waals surface area contributed by atoms with Crippen LogP contribution in [-0.4, -0.2) is 40.8 Å². The van der Waals surface area contributed by atoms with Gasteiger partial charge in [0.25, 0.3) is 11.1 Å². The van der Waals surface area contributed by atoms with Gasteiger partial charge in [-0.1, -0.05) is 71.9 Å². The lowest BCUT2D eigenvalue weighted by Crippen LogP contribution is -2.27. The van der Waals surface area contributed by atoms with Crippen LogP contribution in [0.5, 0.6) is 0 Å². The maximum absolute atomic E-state index is 13.3. The van der Waals surface area contributed by atoms with E-state index in [1.54, 1.807) is 21.6 Å². The molecule has 0 radical (unpaired) electrons. The van der Waals surface area contributed by atoms with E-state index in [4.69, 9.17) is 5.10 Å². The molecular weight excluding hydrogens is 484 g/mol. The number of hydrogen-bond acceptors (Lipinski definition) is 6. The van der Waals surface area contributed by atoms with Gasteiger partial charge in [-0.3, -0.25) is 14.5 Å². The molecule has 2 amide bonds. The average molecular weight is 505 g/mol. The molecule has 0 unspecified atom stereocenters. The number of carbonyl (C=O) groups excluding carboxylic acids is 2. The van der Waals surface area contributed by atoms with Crippen molar-refractivity contribution in [3.05, 3.63) is 120 Å². The molecular formula is C28H20N6O2S. The van der Waals surface area contributed by atoms with Crippen molar-refractivity contribution in [3.63, 3.8) is 0 Å². The van der Waals surface area contributed by atoms with Gasteiger partial charge in [-0.15, -0.1) is 5.10 Å². The molecule has 1 aliphatic rings. The molecule has 5 aromatic rings. The number of imide groups is 1. The average Bonchev–Trinajstić information content (AvgIpc) is 3.66. The second-order valence-corrected chi connectivity index (χ2v) is 9.33. The van der Waals surface area contributed by atoms with Gasteiger partial charge in [-0.2, -0.15) is 5.10 Å². The molecule has 0 spiro atoms. The van der Waals surface area contributed by atoms with E-state index in [2.05, 4.69) is 10.3 Å². The number of amides is 2. The first-order valence-electron chi connectivity index (χ1n) is 11.6. The van der Waals surface area contributed by atoms with Gasteiger partial charge in [0.15, 0.2) is 0 Å². The van der Waals surface area contributed by atoms with Crippen LogP contribution in [0.15, 0.2) is 108 Å². The highest BCUT2D eigenvalue weighted by molar-refractivity contribution is 8.18. The van der Waals surface area contributed by atoms with Crippen LogP contribution >= 0.6 is 11.8 Å². The first-order chi connectivity index (χ1) is 18.2. The van der Waals surface area contributed by atoms with Gasteiger partial charge in [0.1, 0.15) is 5.69 Å². The van der Waals surface area contributed by atoms with Crippen molar-refractivity contribution in [2.45, 2.75) is 6.54 Å². The third-order valence-corrected chi connectivity index (χ3v) is 6.76. The van der Waals surface area contributed by atoms with E-state index in [9.17, 15) is 9.59 Å². The molecule has 3 aromatic carbocycles. The second-order valence-electron chi connectivity index (χ2n) is 8.34. The lowest BCUT2D eigenvalue weighted by molar-refractivity contribution is -0.123. The zero-order valence-corrected chi connectivity index (χ0v) is 20.3. The van der Waals surface area contributed by atoms with E-state index in [0.29, 0.717) is 10.6 Å². The Labute approximate surface area is 216 Å². The van der Waals surface area contributed by atoms with Crippen LogP contribution in [0.3, 0.4) is 0 Å². The third kappa shape index (κ3) is 4.60. The highest BCUT2D eigenvalue weighted by Gasteiger charge is 2.36. The molecule has 37 heavy (non-hydrogen) atoms. The van der Waals surface area contributed by atoms with Crippen LogP contribution in [-0.2, 0) is 11.3 Å². The van der Waals surface area contributed by atoms with Gasteiger partial charge in [-0.05, 0) is 42.1 Å². The number of thioether (sulfide) groups is 1. The van der Waals surface area contributed by atoms with Crippen LogP contribution in [0, 0.1) is 0 Å². The number of hydrogen-bond donors (Lipinski definition) is 0. The Morgan fingerprint density at radius 3 is 2.05 bits per heavy atom. The minimum Gasteiger partial charge on any atom is -0.268 e. The first-order valence-corrected chi connectivity index (χ1v) is 12.4. The van der Waals surface area contributed by atoms with Gasteiger partial charge in [-0.25, -0.2) is 9.36 Å². The SMILES string of the molecule is O=C1S/C(=C\c2cn(-c3ccccc3)nc2-c2ccccc2)C(=O)N1Cc1cn(-c2ccccc2)nn1. The van der Waals surface area contributed by atoms with E-state index in [0.717, 1.165) is 40.0 Å². The summed E-state index contributed by atoms with van der Waals surface area (Å²) in [4.78, 5) is 27.6. The Morgan fingerprint density at radius 1 is 0.757 bits per heavy atom. The first kappa shape index (κ1) is 22.7. The Balaban J connectivity index is 1.30. The summed E-state index contributed by atoms with van der Waals surface area (Å²) < 4.78 is 3.40. The van der Waals surface area contributed by atoms with Gasteiger partial charge in [0.05, 0.1) is 34.7 Å². The molecule has 0 atom stereocenters. The maximum Gasteiger partial charge on any atom is 0.293 e. The van der Waals surface area contributed by atoms with Gasteiger partial charge in [0.2, 0.25) is 0 Å². The second kappa shape index (κ2) is 9.71. The smallest absolute Gasteiger partial charge is 0.268 e. The lowest BCUT2D eigenvalue weighted by Gasteiger charge is -2.09. The van der Waals surface area contributed by atoms with Crippen LogP contribution in [0.1, 0.15) is 11.3 Å².